The lowest BCUT2D eigenvalue weighted by atomic mass is 10.1. The number of anilines is 1. The van der Waals surface area contributed by atoms with Crippen LogP contribution in [-0.4, -0.2) is 79.3 Å². The van der Waals surface area contributed by atoms with E-state index in [1.165, 1.54) is 11.2 Å². The molecule has 0 saturated carbocycles. The van der Waals surface area contributed by atoms with Gasteiger partial charge in [0.1, 0.15) is 23.3 Å². The smallest absolute Gasteiger partial charge is 0.328 e. The molecule has 3 aromatic rings. The summed E-state index contributed by atoms with van der Waals surface area (Å²) >= 11 is 0. The molecular weight excluding hydrogens is 488 g/mol. The van der Waals surface area contributed by atoms with Crippen molar-refractivity contribution in [2.45, 2.75) is 52.5 Å². The predicted octanol–water partition coefficient (Wildman–Crippen LogP) is 2.52. The zero-order chi connectivity index (χ0) is 27.1. The Balaban J connectivity index is 1.32. The fourth-order valence-electron chi connectivity index (χ4n) is 4.53. The van der Waals surface area contributed by atoms with Crippen LogP contribution in [0.2, 0.25) is 0 Å². The van der Waals surface area contributed by atoms with Crippen LogP contribution in [0.3, 0.4) is 0 Å². The Morgan fingerprint density at radius 3 is 2.68 bits per heavy atom. The molecule has 3 aromatic heterocycles. The van der Waals surface area contributed by atoms with E-state index >= 15 is 0 Å². The zero-order valence-corrected chi connectivity index (χ0v) is 21.7. The van der Waals surface area contributed by atoms with Gasteiger partial charge in [0.05, 0.1) is 18.6 Å². The average molecular weight is 517 g/mol. The lowest BCUT2D eigenvalue weighted by molar-refractivity contribution is -0.139. The number of aromatic nitrogens is 3. The summed E-state index contributed by atoms with van der Waals surface area (Å²) < 4.78 is 5.07. The quantitative estimate of drug-likeness (QED) is 0.528. The number of carbonyl (C=O) groups is 3. The van der Waals surface area contributed by atoms with Crippen molar-refractivity contribution in [2.75, 3.05) is 12.4 Å². The monoisotopic (exact) mass is 516 g/mol. The van der Waals surface area contributed by atoms with Gasteiger partial charge in [0.15, 0.2) is 12.2 Å². The van der Waals surface area contributed by atoms with Gasteiger partial charge in [-0.15, -0.1) is 0 Å². The highest BCUT2D eigenvalue weighted by Gasteiger charge is 2.51. The first-order chi connectivity index (χ1) is 18.1. The highest BCUT2D eigenvalue weighted by molar-refractivity contribution is 6.03. The maximum Gasteiger partial charge on any atom is 0.328 e. The third-order valence-corrected chi connectivity index (χ3v) is 6.86. The third-order valence-electron chi connectivity index (χ3n) is 6.86. The normalized spacial score (nSPS) is 19.7. The lowest BCUT2D eigenvalue weighted by Gasteiger charge is -2.42. The molecule has 1 saturated heterocycles. The van der Waals surface area contributed by atoms with Crippen LogP contribution in [0.15, 0.2) is 46.0 Å². The van der Waals surface area contributed by atoms with Gasteiger partial charge in [-0.25, -0.2) is 14.8 Å². The number of rotatable bonds is 6. The van der Waals surface area contributed by atoms with Crippen molar-refractivity contribution < 1.29 is 18.9 Å². The minimum Gasteiger partial charge on any atom is -0.361 e. The van der Waals surface area contributed by atoms with Gasteiger partial charge >= 0.3 is 6.03 Å². The number of hydrogen-bond acceptors (Lipinski definition) is 9. The molecule has 3 atom stereocenters. The van der Waals surface area contributed by atoms with Gasteiger partial charge in [-0.1, -0.05) is 11.2 Å². The molecule has 0 aliphatic carbocycles. The molecule has 38 heavy (non-hydrogen) atoms. The molecule has 12 heteroatoms. The summed E-state index contributed by atoms with van der Waals surface area (Å²) in [4.78, 5) is 57.0. The SMILES string of the molecule is Cc1cc(CN2C(=O)C3C(N=CN3[C@@H](C)C(=O)Nc3cccc(-c4cnc(C)c(C)c4)n3)N(C)C2=O)no1. The molecule has 2 aliphatic rings. The van der Waals surface area contributed by atoms with E-state index in [2.05, 4.69) is 25.4 Å². The third kappa shape index (κ3) is 4.49. The number of hydrogen-bond donors (Lipinski definition) is 1. The van der Waals surface area contributed by atoms with E-state index < -0.39 is 30.2 Å². The molecule has 1 fully saturated rings. The van der Waals surface area contributed by atoms with Crippen LogP contribution in [0.1, 0.15) is 29.6 Å². The molecule has 12 nitrogen and oxygen atoms in total. The Morgan fingerprint density at radius 2 is 1.97 bits per heavy atom. The van der Waals surface area contributed by atoms with E-state index in [9.17, 15) is 14.4 Å². The van der Waals surface area contributed by atoms with Crippen LogP contribution >= 0.6 is 0 Å². The second-order valence-corrected chi connectivity index (χ2v) is 9.52. The molecule has 0 radical (unpaired) electrons. The summed E-state index contributed by atoms with van der Waals surface area (Å²) in [7, 11) is 1.58. The summed E-state index contributed by atoms with van der Waals surface area (Å²) in [5.74, 6) is 0.116. The summed E-state index contributed by atoms with van der Waals surface area (Å²) in [6.07, 6.45) is 2.47. The van der Waals surface area contributed by atoms with E-state index in [0.717, 1.165) is 21.7 Å². The maximum absolute atomic E-state index is 13.5. The van der Waals surface area contributed by atoms with Crippen LogP contribution in [0.4, 0.5) is 10.6 Å². The molecule has 0 bridgehead atoms. The second-order valence-electron chi connectivity index (χ2n) is 9.52. The molecule has 2 aliphatic heterocycles. The highest BCUT2D eigenvalue weighted by atomic mass is 16.5. The van der Waals surface area contributed by atoms with Crippen LogP contribution in [0.5, 0.6) is 0 Å². The van der Waals surface area contributed by atoms with Crippen LogP contribution in [0, 0.1) is 20.8 Å². The topological polar surface area (TPSA) is 137 Å². The van der Waals surface area contributed by atoms with Gasteiger partial charge in [-0.05, 0) is 51.5 Å². The Kier molecular flexibility index (Phi) is 6.39. The number of carbonyl (C=O) groups excluding carboxylic acids is 3. The van der Waals surface area contributed by atoms with Gasteiger partial charge in [-0.3, -0.25) is 19.5 Å². The van der Waals surface area contributed by atoms with Gasteiger partial charge in [0.2, 0.25) is 5.91 Å². The molecular formula is C26H28N8O4. The summed E-state index contributed by atoms with van der Waals surface area (Å²) in [5.41, 5.74) is 3.96. The van der Waals surface area contributed by atoms with Gasteiger partial charge < -0.3 is 19.6 Å². The summed E-state index contributed by atoms with van der Waals surface area (Å²) in [6, 6.07) is 6.90. The number of likely N-dealkylation sites (N-methyl/N-ethyl adjacent to an activating group) is 1. The number of imide groups is 1. The van der Waals surface area contributed by atoms with Crippen LogP contribution in [0.25, 0.3) is 11.3 Å². The first kappa shape index (κ1) is 25.1. The van der Waals surface area contributed by atoms with Crippen molar-refractivity contribution in [1.29, 1.82) is 0 Å². The molecule has 196 valence electrons. The second kappa shape index (κ2) is 9.69. The fourth-order valence-corrected chi connectivity index (χ4v) is 4.53. The number of urea groups is 1. The van der Waals surface area contributed by atoms with Crippen molar-refractivity contribution in [1.82, 2.24) is 29.8 Å². The van der Waals surface area contributed by atoms with Crippen molar-refractivity contribution in [2.24, 2.45) is 4.99 Å². The molecule has 0 spiro atoms. The summed E-state index contributed by atoms with van der Waals surface area (Å²) in [6.45, 7) is 7.29. The first-order valence-electron chi connectivity index (χ1n) is 12.2. The Labute approximate surface area is 219 Å². The number of fused-ring (bicyclic) bond motifs is 1. The molecule has 5 heterocycles. The van der Waals surface area contributed by atoms with Crippen molar-refractivity contribution in [3.63, 3.8) is 0 Å². The number of aryl methyl sites for hydroxylation is 3. The van der Waals surface area contributed by atoms with E-state index in [0.29, 0.717) is 23.0 Å². The van der Waals surface area contributed by atoms with Crippen molar-refractivity contribution in [3.05, 3.63) is 59.2 Å². The number of pyridine rings is 2. The minimum atomic E-state index is -0.854. The lowest BCUT2D eigenvalue weighted by Crippen LogP contribution is -2.66. The van der Waals surface area contributed by atoms with Crippen molar-refractivity contribution >= 4 is 30.0 Å². The molecule has 5 rings (SSSR count). The fraction of sp³-hybridized carbons (Fsp3) is 0.346. The molecule has 1 N–H and O–H groups in total. The van der Waals surface area contributed by atoms with Crippen LogP contribution < -0.4 is 5.32 Å². The highest BCUT2D eigenvalue weighted by Crippen LogP contribution is 2.28. The van der Waals surface area contributed by atoms with Gasteiger partial charge in [-0.2, -0.15) is 0 Å². The van der Waals surface area contributed by atoms with Gasteiger partial charge in [0.25, 0.3) is 5.91 Å². The largest absolute Gasteiger partial charge is 0.361 e. The van der Waals surface area contributed by atoms with Crippen molar-refractivity contribution in [3.8, 4) is 11.3 Å². The number of aliphatic imine (C=N–C) groups is 1. The molecule has 2 unspecified atom stereocenters. The minimum absolute atomic E-state index is 0.0406. The Hall–Kier alpha value is -4.61. The number of nitrogens with zero attached hydrogens (tertiary/aromatic N) is 7. The first-order valence-corrected chi connectivity index (χ1v) is 12.2. The van der Waals surface area contributed by atoms with Crippen LogP contribution in [-0.2, 0) is 16.1 Å². The zero-order valence-electron chi connectivity index (χ0n) is 21.7. The predicted molar refractivity (Wildman–Crippen MR) is 138 cm³/mol. The van der Waals surface area contributed by atoms with E-state index in [4.69, 9.17) is 4.52 Å². The standard InChI is InChI=1S/C26H28N8O4/c1-14-9-18(11-27-16(14)3)20-7-6-8-21(29-20)30-24(35)17(4)34-13-28-23-22(34)25(36)33(26(37)32(23)5)12-19-10-15(2)38-31-19/h6-11,13,17,22-23H,12H2,1-5H3,(H,29,30,35)/t17-,22?,23?/m0/s1. The molecule has 0 aromatic carbocycles. The maximum atomic E-state index is 13.5. The van der Waals surface area contributed by atoms with Gasteiger partial charge in [0, 0.05) is 30.6 Å². The number of amides is 4. The summed E-state index contributed by atoms with van der Waals surface area (Å²) in [5, 5.41) is 6.73. The Bertz CT molecular complexity index is 1450. The molecule has 4 amide bonds. The van der Waals surface area contributed by atoms with E-state index in [1.807, 2.05) is 26.0 Å². The average Bonchev–Trinajstić information content (AvgIpc) is 3.53. The Morgan fingerprint density at radius 1 is 1.18 bits per heavy atom. The van der Waals surface area contributed by atoms with E-state index in [1.54, 1.807) is 50.2 Å². The van der Waals surface area contributed by atoms with E-state index in [-0.39, 0.29) is 12.5 Å². The number of nitrogens with one attached hydrogen (secondary N) is 1.